The van der Waals surface area contributed by atoms with Gasteiger partial charge in [0.05, 0.1) is 22.5 Å². The minimum atomic E-state index is -4.88. The summed E-state index contributed by atoms with van der Waals surface area (Å²) in [7, 11) is 0. The molecular formula is C20H14ClF6NO3. The molecule has 1 heterocycles. The summed E-state index contributed by atoms with van der Waals surface area (Å²) < 4.78 is 82.7. The average Bonchev–Trinajstić information content (AvgIpc) is 2.84. The van der Waals surface area contributed by atoms with Crippen LogP contribution in [-0.2, 0) is 23.9 Å². The molecule has 0 aliphatic rings. The molecule has 0 saturated carbocycles. The van der Waals surface area contributed by atoms with Crippen molar-refractivity contribution in [1.29, 1.82) is 0 Å². The fraction of sp³-hybridized carbons (Fsp3) is 0.250. The van der Waals surface area contributed by atoms with E-state index in [9.17, 15) is 36.2 Å². The molecule has 0 radical (unpaired) electrons. The third kappa shape index (κ3) is 5.07. The van der Waals surface area contributed by atoms with Crippen molar-refractivity contribution >= 4 is 28.5 Å². The van der Waals surface area contributed by atoms with E-state index in [2.05, 4.69) is 4.74 Å². The van der Waals surface area contributed by atoms with E-state index in [4.69, 9.17) is 11.6 Å². The summed E-state index contributed by atoms with van der Waals surface area (Å²) >= 11 is 5.83. The Labute approximate surface area is 176 Å². The van der Waals surface area contributed by atoms with Gasteiger partial charge in [-0.25, -0.2) is 0 Å². The van der Waals surface area contributed by atoms with Gasteiger partial charge in [-0.1, -0.05) is 23.7 Å². The highest BCUT2D eigenvalue weighted by Gasteiger charge is 2.34. The minimum Gasteiger partial charge on any atom is -0.481 e. The van der Waals surface area contributed by atoms with Crippen LogP contribution in [0.4, 0.5) is 26.3 Å². The van der Waals surface area contributed by atoms with E-state index < -0.39 is 41.3 Å². The van der Waals surface area contributed by atoms with Crippen LogP contribution in [0.3, 0.4) is 0 Å². The molecule has 2 aromatic carbocycles. The molecular weight excluding hydrogens is 452 g/mol. The van der Waals surface area contributed by atoms with Gasteiger partial charge in [-0.2, -0.15) is 13.2 Å². The largest absolute Gasteiger partial charge is 0.573 e. The first kappa shape index (κ1) is 22.8. The molecule has 0 bridgehead atoms. The maximum Gasteiger partial charge on any atom is 0.573 e. The number of aliphatic carboxylic acids is 1. The van der Waals surface area contributed by atoms with Crippen LogP contribution >= 0.6 is 11.6 Å². The summed E-state index contributed by atoms with van der Waals surface area (Å²) in [5.41, 5.74) is 0.00173. The van der Waals surface area contributed by atoms with E-state index >= 15 is 0 Å². The molecule has 3 aromatic rings. The molecule has 0 spiro atoms. The minimum absolute atomic E-state index is 0.0430. The van der Waals surface area contributed by atoms with Crippen molar-refractivity contribution in [2.24, 2.45) is 0 Å². The molecule has 0 aliphatic carbocycles. The van der Waals surface area contributed by atoms with Crippen molar-refractivity contribution < 1.29 is 41.0 Å². The summed E-state index contributed by atoms with van der Waals surface area (Å²) in [6.45, 7) is 1.48. The Bertz CT molecular complexity index is 1150. The van der Waals surface area contributed by atoms with Crippen molar-refractivity contribution in [3.63, 3.8) is 0 Å². The number of ether oxygens (including phenoxy) is 1. The Hall–Kier alpha value is -2.88. The highest BCUT2D eigenvalue weighted by atomic mass is 35.5. The Balaban J connectivity index is 2.14. The average molecular weight is 466 g/mol. The van der Waals surface area contributed by atoms with Crippen LogP contribution in [0.15, 0.2) is 36.4 Å². The predicted octanol–water partition coefficient (Wildman–Crippen LogP) is 6.20. The summed E-state index contributed by atoms with van der Waals surface area (Å²) in [5.74, 6) is -1.70. The van der Waals surface area contributed by atoms with Crippen LogP contribution in [0.25, 0.3) is 10.9 Å². The topological polar surface area (TPSA) is 51.5 Å². The number of fused-ring (bicyclic) bond motifs is 1. The number of carboxylic acid groups (broad SMARTS) is 1. The zero-order valence-electron chi connectivity index (χ0n) is 15.7. The number of rotatable bonds is 5. The smallest absolute Gasteiger partial charge is 0.481 e. The van der Waals surface area contributed by atoms with E-state index in [1.807, 2.05) is 0 Å². The van der Waals surface area contributed by atoms with Gasteiger partial charge in [0.25, 0.3) is 0 Å². The fourth-order valence-corrected chi connectivity index (χ4v) is 3.65. The lowest BCUT2D eigenvalue weighted by molar-refractivity contribution is -0.274. The fourth-order valence-electron chi connectivity index (χ4n) is 3.39. The third-order valence-electron chi connectivity index (χ3n) is 4.65. The van der Waals surface area contributed by atoms with Crippen LogP contribution in [-0.4, -0.2) is 22.0 Å². The van der Waals surface area contributed by atoms with E-state index in [0.29, 0.717) is 11.3 Å². The van der Waals surface area contributed by atoms with Gasteiger partial charge in [-0.05, 0) is 42.3 Å². The first-order valence-corrected chi connectivity index (χ1v) is 9.09. The molecule has 0 saturated heterocycles. The number of alkyl halides is 6. The molecule has 1 N–H and O–H groups in total. The normalized spacial score (nSPS) is 12.4. The Morgan fingerprint density at radius 3 is 2.39 bits per heavy atom. The first-order chi connectivity index (χ1) is 14.3. The van der Waals surface area contributed by atoms with Crippen LogP contribution < -0.4 is 4.74 Å². The highest BCUT2D eigenvalue weighted by Crippen LogP contribution is 2.39. The molecule has 0 aliphatic heterocycles. The Kier molecular flexibility index (Phi) is 5.88. The lowest BCUT2D eigenvalue weighted by Crippen LogP contribution is -2.17. The van der Waals surface area contributed by atoms with E-state index in [0.717, 1.165) is 24.3 Å². The maximum atomic E-state index is 13.3. The van der Waals surface area contributed by atoms with E-state index in [-0.39, 0.29) is 23.0 Å². The molecule has 4 nitrogen and oxygen atoms in total. The summed E-state index contributed by atoms with van der Waals surface area (Å²) in [6, 6.07) is 6.97. The lowest BCUT2D eigenvalue weighted by atomic mass is 10.1. The lowest BCUT2D eigenvalue weighted by Gasteiger charge is -2.13. The number of benzene rings is 2. The standard InChI is InChI=1S/C20H14ClF6NO3/c1-10-13(7-18(29)30)14-6-15(19(22,23)24)16(21)8-17(14)28(10)9-11-3-2-4-12(5-11)31-20(25,26)27/h2-6,8H,7,9H2,1H3,(H,29,30). The van der Waals surface area contributed by atoms with Crippen molar-refractivity contribution in [3.05, 3.63) is 63.8 Å². The zero-order valence-corrected chi connectivity index (χ0v) is 16.5. The number of halogens is 7. The van der Waals surface area contributed by atoms with Gasteiger partial charge >= 0.3 is 18.5 Å². The van der Waals surface area contributed by atoms with Crippen molar-refractivity contribution in [2.45, 2.75) is 32.4 Å². The second-order valence-electron chi connectivity index (χ2n) is 6.76. The Morgan fingerprint density at radius 2 is 1.81 bits per heavy atom. The van der Waals surface area contributed by atoms with Gasteiger partial charge in [-0.3, -0.25) is 4.79 Å². The maximum absolute atomic E-state index is 13.3. The molecule has 31 heavy (non-hydrogen) atoms. The van der Waals surface area contributed by atoms with Gasteiger partial charge in [0.15, 0.2) is 0 Å². The number of hydrogen-bond acceptors (Lipinski definition) is 2. The molecule has 0 fully saturated rings. The van der Waals surface area contributed by atoms with Crippen LogP contribution in [0.2, 0.25) is 5.02 Å². The highest BCUT2D eigenvalue weighted by molar-refractivity contribution is 6.32. The van der Waals surface area contributed by atoms with E-state index in [1.165, 1.54) is 23.6 Å². The number of hydrogen-bond donors (Lipinski definition) is 1. The van der Waals surface area contributed by atoms with Crippen LogP contribution in [0.5, 0.6) is 5.75 Å². The van der Waals surface area contributed by atoms with Crippen LogP contribution in [0, 0.1) is 6.92 Å². The second-order valence-corrected chi connectivity index (χ2v) is 7.17. The van der Waals surface area contributed by atoms with Gasteiger partial charge in [-0.15, -0.1) is 13.2 Å². The number of nitrogens with zero attached hydrogens (tertiary/aromatic N) is 1. The monoisotopic (exact) mass is 465 g/mol. The zero-order chi connectivity index (χ0) is 23.1. The molecule has 0 amide bonds. The Morgan fingerprint density at radius 1 is 1.13 bits per heavy atom. The van der Waals surface area contributed by atoms with Gasteiger partial charge in [0.2, 0.25) is 0 Å². The third-order valence-corrected chi connectivity index (χ3v) is 4.96. The molecule has 11 heteroatoms. The van der Waals surface area contributed by atoms with Crippen molar-refractivity contribution in [3.8, 4) is 5.75 Å². The summed E-state index contributed by atoms with van der Waals surface area (Å²) in [4.78, 5) is 11.3. The molecule has 0 unspecified atom stereocenters. The molecule has 3 rings (SSSR count). The number of aromatic nitrogens is 1. The number of carbonyl (C=O) groups is 1. The van der Waals surface area contributed by atoms with Gasteiger partial charge < -0.3 is 14.4 Å². The van der Waals surface area contributed by atoms with Gasteiger partial charge in [0.1, 0.15) is 5.75 Å². The molecule has 1 aromatic heterocycles. The van der Waals surface area contributed by atoms with Crippen molar-refractivity contribution in [1.82, 2.24) is 4.57 Å². The first-order valence-electron chi connectivity index (χ1n) is 8.71. The molecule has 166 valence electrons. The quantitative estimate of drug-likeness (QED) is 0.457. The summed E-state index contributed by atoms with van der Waals surface area (Å²) in [5, 5.41) is 8.68. The molecule has 0 atom stereocenters. The van der Waals surface area contributed by atoms with Crippen molar-refractivity contribution in [2.75, 3.05) is 0 Å². The summed E-state index contributed by atoms with van der Waals surface area (Å²) in [6.07, 6.45) is -10.2. The number of carboxylic acids is 1. The van der Waals surface area contributed by atoms with Crippen LogP contribution in [0.1, 0.15) is 22.4 Å². The second kappa shape index (κ2) is 7.99. The SMILES string of the molecule is Cc1c(CC(=O)O)c2cc(C(F)(F)F)c(Cl)cc2n1Cc1cccc(OC(F)(F)F)c1. The van der Waals surface area contributed by atoms with Gasteiger partial charge in [0, 0.05) is 17.6 Å². The predicted molar refractivity (Wildman–Crippen MR) is 100 cm³/mol. The van der Waals surface area contributed by atoms with E-state index in [1.54, 1.807) is 0 Å².